The number of thiazole rings is 1. The Labute approximate surface area is 167 Å². The topological polar surface area (TPSA) is 81.1 Å². The molecule has 1 saturated heterocycles. The lowest BCUT2D eigenvalue weighted by Gasteiger charge is -2.31. The highest BCUT2D eigenvalue weighted by Gasteiger charge is 2.27. The van der Waals surface area contributed by atoms with Gasteiger partial charge in [0.25, 0.3) is 5.91 Å². The molecule has 4 heterocycles. The molecular formula is C20H21N5O2S. The molecule has 0 N–H and O–H groups in total. The lowest BCUT2D eigenvalue weighted by atomic mass is 10.1. The number of amides is 1. The molecule has 1 aliphatic rings. The summed E-state index contributed by atoms with van der Waals surface area (Å²) in [6, 6.07) is 4.20. The van der Waals surface area contributed by atoms with Gasteiger partial charge >= 0.3 is 6.01 Å². The highest BCUT2D eigenvalue weighted by atomic mass is 32.1. The van der Waals surface area contributed by atoms with Crippen molar-refractivity contribution in [2.45, 2.75) is 32.8 Å². The molecule has 28 heavy (non-hydrogen) atoms. The number of hydrogen-bond donors (Lipinski definition) is 0. The summed E-state index contributed by atoms with van der Waals surface area (Å²) in [7, 11) is 0. The molecule has 0 spiro atoms. The normalized spacial score (nSPS) is 14.9. The van der Waals surface area contributed by atoms with Gasteiger partial charge in [-0.2, -0.15) is 0 Å². The quantitative estimate of drug-likeness (QED) is 0.674. The first-order valence-corrected chi connectivity index (χ1v) is 10.0. The molecule has 0 bridgehead atoms. The van der Waals surface area contributed by atoms with E-state index in [0.29, 0.717) is 19.1 Å². The number of pyridine rings is 1. The Kier molecular flexibility index (Phi) is 5.29. The molecule has 0 unspecified atom stereocenters. The van der Waals surface area contributed by atoms with Crippen LogP contribution in [-0.2, 0) is 0 Å². The Hall–Kier alpha value is -2.87. The smallest absolute Gasteiger partial charge is 0.316 e. The van der Waals surface area contributed by atoms with Gasteiger partial charge in [0.05, 0.1) is 10.7 Å². The van der Waals surface area contributed by atoms with E-state index >= 15 is 0 Å². The zero-order valence-electron chi connectivity index (χ0n) is 15.8. The molecule has 0 atom stereocenters. The van der Waals surface area contributed by atoms with Crippen molar-refractivity contribution in [1.82, 2.24) is 24.8 Å². The van der Waals surface area contributed by atoms with Crippen molar-refractivity contribution in [3.05, 3.63) is 52.5 Å². The van der Waals surface area contributed by atoms with Gasteiger partial charge in [0.15, 0.2) is 0 Å². The second kappa shape index (κ2) is 8.02. The largest absolute Gasteiger partial charge is 0.460 e. The minimum absolute atomic E-state index is 0.0140. The van der Waals surface area contributed by atoms with Crippen LogP contribution in [0.3, 0.4) is 0 Å². The van der Waals surface area contributed by atoms with E-state index in [4.69, 9.17) is 4.74 Å². The Morgan fingerprint density at radius 1 is 1.11 bits per heavy atom. The van der Waals surface area contributed by atoms with Crippen molar-refractivity contribution in [2.24, 2.45) is 0 Å². The van der Waals surface area contributed by atoms with E-state index in [0.717, 1.165) is 39.5 Å². The summed E-state index contributed by atoms with van der Waals surface area (Å²) in [6.07, 6.45) is 8.53. The molecular weight excluding hydrogens is 374 g/mol. The first-order valence-electron chi connectivity index (χ1n) is 9.22. The zero-order chi connectivity index (χ0) is 19.5. The highest BCUT2D eigenvalue weighted by Crippen LogP contribution is 2.23. The lowest BCUT2D eigenvalue weighted by Crippen LogP contribution is -2.41. The monoisotopic (exact) mass is 395 g/mol. The number of ether oxygens (including phenoxy) is 1. The molecule has 0 saturated carbocycles. The summed E-state index contributed by atoms with van der Waals surface area (Å²) in [5.74, 6) is 0.0690. The van der Waals surface area contributed by atoms with E-state index in [9.17, 15) is 4.79 Å². The van der Waals surface area contributed by atoms with Gasteiger partial charge in [-0.25, -0.2) is 15.0 Å². The van der Waals surface area contributed by atoms with E-state index in [1.165, 1.54) is 11.3 Å². The number of nitrogens with zero attached hydrogens (tertiary/aromatic N) is 5. The number of carbonyl (C=O) groups excluding carboxylic acids is 1. The molecule has 0 aliphatic carbocycles. The standard InChI is InChI=1S/C20H21N5O2S/c1-13-18(28-14(2)24-13)19(26)25-9-5-17(6-10-25)27-20-22-11-16(12-23-20)15-3-7-21-8-4-15/h3-4,7-8,11-12,17H,5-6,9-10H2,1-2H3. The molecule has 3 aromatic rings. The fraction of sp³-hybridized carbons (Fsp3) is 0.350. The van der Waals surface area contributed by atoms with Crippen molar-refractivity contribution in [1.29, 1.82) is 0 Å². The van der Waals surface area contributed by atoms with Crippen LogP contribution in [0.2, 0.25) is 0 Å². The second-order valence-electron chi connectivity index (χ2n) is 6.75. The second-order valence-corrected chi connectivity index (χ2v) is 7.95. The lowest BCUT2D eigenvalue weighted by molar-refractivity contribution is 0.0582. The summed E-state index contributed by atoms with van der Waals surface area (Å²) in [5.41, 5.74) is 2.75. The van der Waals surface area contributed by atoms with E-state index in [-0.39, 0.29) is 12.0 Å². The van der Waals surface area contributed by atoms with Gasteiger partial charge < -0.3 is 9.64 Å². The average molecular weight is 395 g/mol. The van der Waals surface area contributed by atoms with Crippen LogP contribution in [0.4, 0.5) is 0 Å². The molecule has 1 fully saturated rings. The third kappa shape index (κ3) is 4.01. The average Bonchev–Trinajstić information content (AvgIpc) is 3.07. The SMILES string of the molecule is Cc1nc(C)c(C(=O)N2CCC(Oc3ncc(-c4ccncc4)cn3)CC2)s1. The Balaban J connectivity index is 1.33. The first-order chi connectivity index (χ1) is 13.6. The van der Waals surface area contributed by atoms with Crippen LogP contribution in [0.15, 0.2) is 36.9 Å². The molecule has 1 amide bonds. The van der Waals surface area contributed by atoms with Crippen LogP contribution < -0.4 is 4.74 Å². The predicted octanol–water partition coefficient (Wildman–Crippen LogP) is 3.30. The van der Waals surface area contributed by atoms with Gasteiger partial charge in [-0.1, -0.05) is 0 Å². The molecule has 0 aromatic carbocycles. The maximum absolute atomic E-state index is 12.7. The van der Waals surface area contributed by atoms with Gasteiger partial charge in [-0.05, 0) is 31.5 Å². The van der Waals surface area contributed by atoms with Gasteiger partial charge in [0.2, 0.25) is 0 Å². The van der Waals surface area contributed by atoms with Gasteiger partial charge in [-0.3, -0.25) is 9.78 Å². The van der Waals surface area contributed by atoms with E-state index < -0.39 is 0 Å². The van der Waals surface area contributed by atoms with Gasteiger partial charge in [0.1, 0.15) is 11.0 Å². The molecule has 3 aromatic heterocycles. The van der Waals surface area contributed by atoms with Crippen molar-refractivity contribution in [2.75, 3.05) is 13.1 Å². The number of aromatic nitrogens is 4. The molecule has 144 valence electrons. The summed E-state index contributed by atoms with van der Waals surface area (Å²) >= 11 is 1.46. The highest BCUT2D eigenvalue weighted by molar-refractivity contribution is 7.13. The Morgan fingerprint density at radius 3 is 2.39 bits per heavy atom. The van der Waals surface area contributed by atoms with E-state index in [1.807, 2.05) is 30.9 Å². The molecule has 0 radical (unpaired) electrons. The molecule has 1 aliphatic heterocycles. The fourth-order valence-corrected chi connectivity index (χ4v) is 4.16. The van der Waals surface area contributed by atoms with Crippen molar-refractivity contribution in [3.8, 4) is 17.1 Å². The molecule has 4 rings (SSSR count). The zero-order valence-corrected chi connectivity index (χ0v) is 16.6. The van der Waals surface area contributed by atoms with Crippen LogP contribution in [0.5, 0.6) is 6.01 Å². The van der Waals surface area contributed by atoms with Crippen LogP contribution in [0.25, 0.3) is 11.1 Å². The van der Waals surface area contributed by atoms with Crippen LogP contribution in [-0.4, -0.2) is 49.9 Å². The Bertz CT molecular complexity index is 950. The van der Waals surface area contributed by atoms with E-state index in [1.54, 1.807) is 24.8 Å². The summed E-state index contributed by atoms with van der Waals surface area (Å²) < 4.78 is 5.93. The molecule has 8 heteroatoms. The van der Waals surface area contributed by atoms with Crippen molar-refractivity contribution in [3.63, 3.8) is 0 Å². The number of likely N-dealkylation sites (tertiary alicyclic amines) is 1. The predicted molar refractivity (Wildman–Crippen MR) is 106 cm³/mol. The first kappa shape index (κ1) is 18.5. The van der Waals surface area contributed by atoms with Gasteiger partial charge in [0, 0.05) is 56.3 Å². The molecule has 7 nitrogen and oxygen atoms in total. The number of carbonyl (C=O) groups is 1. The van der Waals surface area contributed by atoms with Crippen LogP contribution in [0.1, 0.15) is 33.2 Å². The van der Waals surface area contributed by atoms with E-state index in [2.05, 4.69) is 19.9 Å². The van der Waals surface area contributed by atoms with Crippen LogP contribution >= 0.6 is 11.3 Å². The summed E-state index contributed by atoms with van der Waals surface area (Å²) in [4.78, 5) is 32.3. The number of piperidine rings is 1. The summed E-state index contributed by atoms with van der Waals surface area (Å²) in [6.45, 7) is 5.14. The van der Waals surface area contributed by atoms with Crippen molar-refractivity contribution < 1.29 is 9.53 Å². The van der Waals surface area contributed by atoms with Crippen LogP contribution in [0, 0.1) is 13.8 Å². The fourth-order valence-electron chi connectivity index (χ4n) is 3.27. The van der Waals surface area contributed by atoms with Crippen molar-refractivity contribution >= 4 is 17.2 Å². The third-order valence-electron chi connectivity index (χ3n) is 4.74. The number of aryl methyl sites for hydroxylation is 2. The number of rotatable bonds is 4. The minimum atomic E-state index is 0.0140. The number of hydrogen-bond acceptors (Lipinski definition) is 7. The summed E-state index contributed by atoms with van der Waals surface area (Å²) in [5, 5.41) is 0.923. The maximum Gasteiger partial charge on any atom is 0.316 e. The maximum atomic E-state index is 12.7. The minimum Gasteiger partial charge on any atom is -0.460 e. The third-order valence-corrected chi connectivity index (χ3v) is 5.80. The Morgan fingerprint density at radius 2 is 1.79 bits per heavy atom. The van der Waals surface area contributed by atoms with Gasteiger partial charge in [-0.15, -0.1) is 11.3 Å².